The highest BCUT2D eigenvalue weighted by molar-refractivity contribution is 5.86. The number of carbonyl (C=O) groups excluding carboxylic acids is 1. The van der Waals surface area contributed by atoms with E-state index in [-0.39, 0.29) is 11.6 Å². The highest BCUT2D eigenvalue weighted by atomic mass is 16.5. The van der Waals surface area contributed by atoms with Crippen molar-refractivity contribution < 1.29 is 14.3 Å². The van der Waals surface area contributed by atoms with Gasteiger partial charge in [0.05, 0.1) is 12.2 Å². The van der Waals surface area contributed by atoms with E-state index < -0.39 is 0 Å². The Morgan fingerprint density at radius 3 is 2.00 bits per heavy atom. The summed E-state index contributed by atoms with van der Waals surface area (Å²) in [4.78, 5) is 11.4. The lowest BCUT2D eigenvalue weighted by molar-refractivity contribution is -0.139. The van der Waals surface area contributed by atoms with E-state index in [2.05, 4.69) is 20.4 Å². The van der Waals surface area contributed by atoms with Gasteiger partial charge in [-0.25, -0.2) is 4.79 Å². The molecule has 1 atom stereocenters. The van der Waals surface area contributed by atoms with Gasteiger partial charge >= 0.3 is 5.97 Å². The van der Waals surface area contributed by atoms with Gasteiger partial charge in [0.15, 0.2) is 0 Å². The van der Waals surface area contributed by atoms with Crippen LogP contribution in [0, 0.1) is 0 Å². The van der Waals surface area contributed by atoms with Crippen LogP contribution in [-0.2, 0) is 14.3 Å². The molecule has 0 fully saturated rings. The molecular formula is C21H40O3. The summed E-state index contributed by atoms with van der Waals surface area (Å²) in [6, 6.07) is 0. The molecule has 24 heavy (non-hydrogen) atoms. The molecule has 0 aliphatic heterocycles. The van der Waals surface area contributed by atoms with E-state index in [1.54, 1.807) is 6.92 Å². The van der Waals surface area contributed by atoms with E-state index >= 15 is 0 Å². The summed E-state index contributed by atoms with van der Waals surface area (Å²) in [6.45, 7) is 10.2. The molecule has 0 saturated heterocycles. The summed E-state index contributed by atoms with van der Waals surface area (Å²) in [5.41, 5.74) is 0.415. The molecule has 0 spiro atoms. The van der Waals surface area contributed by atoms with Crippen LogP contribution in [0.1, 0.15) is 97.8 Å². The zero-order chi connectivity index (χ0) is 18.3. The van der Waals surface area contributed by atoms with Gasteiger partial charge in [-0.2, -0.15) is 0 Å². The van der Waals surface area contributed by atoms with Crippen LogP contribution < -0.4 is 0 Å². The third-order valence-corrected chi connectivity index (χ3v) is 4.73. The van der Waals surface area contributed by atoms with Gasteiger partial charge in [-0.05, 0) is 32.6 Å². The number of methoxy groups -OCH3 is 1. The van der Waals surface area contributed by atoms with Gasteiger partial charge in [-0.3, -0.25) is 0 Å². The number of hydrogen-bond acceptors (Lipinski definition) is 3. The van der Waals surface area contributed by atoms with Gasteiger partial charge in [0, 0.05) is 12.7 Å². The standard InChI is InChI=1S/C21H40O3/c1-6-8-9-10-11-12-13-16-21(23-5,15-7-2)17-14-18-24-20(22)19(3)4/h3,6-18H2,1-2,4-5H3. The van der Waals surface area contributed by atoms with Crippen molar-refractivity contribution in [3.63, 3.8) is 0 Å². The van der Waals surface area contributed by atoms with E-state index in [9.17, 15) is 4.79 Å². The average molecular weight is 341 g/mol. The highest BCUT2D eigenvalue weighted by Gasteiger charge is 2.27. The molecule has 3 heteroatoms. The van der Waals surface area contributed by atoms with Crippen molar-refractivity contribution in [2.24, 2.45) is 0 Å². The largest absolute Gasteiger partial charge is 0.462 e. The van der Waals surface area contributed by atoms with Crippen molar-refractivity contribution in [3.8, 4) is 0 Å². The summed E-state index contributed by atoms with van der Waals surface area (Å²) in [5.74, 6) is -0.291. The first-order valence-corrected chi connectivity index (χ1v) is 9.89. The minimum absolute atomic E-state index is 0.0478. The number of esters is 1. The molecule has 0 N–H and O–H groups in total. The molecule has 0 aromatic carbocycles. The molecule has 0 aromatic rings. The number of ether oxygens (including phenoxy) is 2. The first kappa shape index (κ1) is 23.2. The summed E-state index contributed by atoms with van der Waals surface area (Å²) < 4.78 is 11.1. The molecule has 0 aliphatic rings. The van der Waals surface area contributed by atoms with Gasteiger partial charge < -0.3 is 9.47 Å². The van der Waals surface area contributed by atoms with Crippen LogP contribution in [-0.4, -0.2) is 25.3 Å². The van der Waals surface area contributed by atoms with Gasteiger partial charge in [0.25, 0.3) is 0 Å². The Kier molecular flexibility index (Phi) is 14.0. The predicted octanol–water partition coefficient (Wildman–Crippen LogP) is 6.21. The predicted molar refractivity (Wildman–Crippen MR) is 102 cm³/mol. The molecule has 0 bridgehead atoms. The number of rotatable bonds is 16. The Balaban J connectivity index is 4.11. The van der Waals surface area contributed by atoms with Gasteiger partial charge in [0.2, 0.25) is 0 Å². The maximum absolute atomic E-state index is 11.4. The Hall–Kier alpha value is -0.830. The van der Waals surface area contributed by atoms with Crippen molar-refractivity contribution >= 4 is 5.97 Å². The first-order valence-electron chi connectivity index (χ1n) is 9.89. The third-order valence-electron chi connectivity index (χ3n) is 4.73. The maximum atomic E-state index is 11.4. The average Bonchev–Trinajstić information content (AvgIpc) is 2.57. The fraction of sp³-hybridized carbons (Fsp3) is 0.857. The Bertz CT molecular complexity index is 338. The monoisotopic (exact) mass is 340 g/mol. The molecule has 3 nitrogen and oxygen atoms in total. The second-order valence-corrected chi connectivity index (χ2v) is 7.03. The summed E-state index contributed by atoms with van der Waals surface area (Å²) >= 11 is 0. The van der Waals surface area contributed by atoms with Crippen LogP contribution in [0.5, 0.6) is 0 Å². The molecular weight excluding hydrogens is 300 g/mol. The molecule has 0 amide bonds. The lowest BCUT2D eigenvalue weighted by atomic mass is 9.86. The zero-order valence-electron chi connectivity index (χ0n) is 16.6. The Labute approximate surface area is 150 Å². The van der Waals surface area contributed by atoms with Crippen LogP contribution in [0.15, 0.2) is 12.2 Å². The van der Waals surface area contributed by atoms with Crippen molar-refractivity contribution in [2.75, 3.05) is 13.7 Å². The van der Waals surface area contributed by atoms with E-state index in [1.807, 2.05) is 7.11 Å². The second kappa shape index (κ2) is 14.5. The van der Waals surface area contributed by atoms with Gasteiger partial charge in [0.1, 0.15) is 0 Å². The van der Waals surface area contributed by atoms with Gasteiger partial charge in [-0.1, -0.05) is 71.8 Å². The smallest absolute Gasteiger partial charge is 0.333 e. The SMILES string of the molecule is C=C(C)C(=O)OCCCC(CCC)(CCCCCCCCC)OC. The van der Waals surface area contributed by atoms with Crippen LogP contribution in [0.4, 0.5) is 0 Å². The Morgan fingerprint density at radius 2 is 1.46 bits per heavy atom. The third kappa shape index (κ3) is 10.9. The maximum Gasteiger partial charge on any atom is 0.333 e. The molecule has 0 aliphatic carbocycles. The van der Waals surface area contributed by atoms with Crippen molar-refractivity contribution in [3.05, 3.63) is 12.2 Å². The fourth-order valence-electron chi connectivity index (χ4n) is 3.22. The molecule has 0 heterocycles. The highest BCUT2D eigenvalue weighted by Crippen LogP contribution is 2.30. The fourth-order valence-corrected chi connectivity index (χ4v) is 3.22. The normalized spacial score (nSPS) is 13.5. The van der Waals surface area contributed by atoms with E-state index in [0.29, 0.717) is 12.2 Å². The molecule has 0 saturated carbocycles. The van der Waals surface area contributed by atoms with Gasteiger partial charge in [-0.15, -0.1) is 0 Å². The summed E-state index contributed by atoms with van der Waals surface area (Å²) in [7, 11) is 1.83. The quantitative estimate of drug-likeness (QED) is 0.190. The zero-order valence-corrected chi connectivity index (χ0v) is 16.6. The lowest BCUT2D eigenvalue weighted by Crippen LogP contribution is -2.32. The van der Waals surface area contributed by atoms with Crippen molar-refractivity contribution in [2.45, 2.75) is 103 Å². The Morgan fingerprint density at radius 1 is 0.875 bits per heavy atom. The van der Waals surface area contributed by atoms with Crippen molar-refractivity contribution in [1.82, 2.24) is 0 Å². The second-order valence-electron chi connectivity index (χ2n) is 7.03. The van der Waals surface area contributed by atoms with Crippen LogP contribution in [0.3, 0.4) is 0 Å². The van der Waals surface area contributed by atoms with Crippen LogP contribution in [0.2, 0.25) is 0 Å². The van der Waals surface area contributed by atoms with E-state index in [1.165, 1.54) is 44.9 Å². The first-order chi connectivity index (χ1) is 11.5. The number of unbranched alkanes of at least 4 members (excludes halogenated alkanes) is 6. The van der Waals surface area contributed by atoms with E-state index in [0.717, 1.165) is 32.1 Å². The molecule has 0 radical (unpaired) electrons. The molecule has 0 rings (SSSR count). The van der Waals surface area contributed by atoms with Crippen LogP contribution in [0.25, 0.3) is 0 Å². The number of hydrogen-bond donors (Lipinski definition) is 0. The van der Waals surface area contributed by atoms with E-state index in [4.69, 9.17) is 9.47 Å². The lowest BCUT2D eigenvalue weighted by Gasteiger charge is -2.32. The minimum Gasteiger partial charge on any atom is -0.462 e. The topological polar surface area (TPSA) is 35.5 Å². The minimum atomic E-state index is -0.291. The van der Waals surface area contributed by atoms with Crippen molar-refractivity contribution in [1.29, 1.82) is 0 Å². The summed E-state index contributed by atoms with van der Waals surface area (Å²) in [6.07, 6.45) is 14.4. The molecule has 142 valence electrons. The van der Waals surface area contributed by atoms with Crippen LogP contribution >= 0.6 is 0 Å². The molecule has 0 aromatic heterocycles. The number of carbonyl (C=O) groups is 1. The summed E-state index contributed by atoms with van der Waals surface area (Å²) in [5, 5.41) is 0. The molecule has 1 unspecified atom stereocenters.